The van der Waals surface area contributed by atoms with Gasteiger partial charge in [0.1, 0.15) is 5.65 Å². The van der Waals surface area contributed by atoms with Crippen LogP contribution < -0.4 is 9.47 Å². The predicted molar refractivity (Wildman–Crippen MR) is 93.2 cm³/mol. The van der Waals surface area contributed by atoms with Gasteiger partial charge >= 0.3 is 0 Å². The highest BCUT2D eigenvalue weighted by Crippen LogP contribution is 2.42. The van der Waals surface area contributed by atoms with E-state index in [9.17, 15) is 0 Å². The number of hydrogen-bond donors (Lipinski definition) is 0. The van der Waals surface area contributed by atoms with Gasteiger partial charge < -0.3 is 9.47 Å². The minimum Gasteiger partial charge on any atom is -0.490 e. The molecule has 2 aromatic carbocycles. The van der Waals surface area contributed by atoms with E-state index in [2.05, 4.69) is 34.9 Å². The van der Waals surface area contributed by atoms with Crippen LogP contribution in [0.3, 0.4) is 0 Å². The van der Waals surface area contributed by atoms with E-state index in [4.69, 9.17) is 14.5 Å². The first-order valence-corrected chi connectivity index (χ1v) is 8.16. The second-order valence-electron chi connectivity index (χ2n) is 5.92. The van der Waals surface area contributed by atoms with Crippen molar-refractivity contribution in [3.05, 3.63) is 66.0 Å². The first kappa shape index (κ1) is 13.4. The average molecular weight is 316 g/mol. The zero-order chi connectivity index (χ0) is 16.1. The second-order valence-corrected chi connectivity index (χ2v) is 5.92. The van der Waals surface area contributed by atoms with Gasteiger partial charge in [0.05, 0.1) is 12.3 Å². The molecule has 0 fully saturated rings. The lowest BCUT2D eigenvalue weighted by atomic mass is 10.1. The summed E-state index contributed by atoms with van der Waals surface area (Å²) in [6.07, 6.45) is 2.86. The summed E-state index contributed by atoms with van der Waals surface area (Å²) in [5, 5.41) is 2.31. The molecule has 118 valence electrons. The van der Waals surface area contributed by atoms with E-state index >= 15 is 0 Å². The highest BCUT2D eigenvalue weighted by atomic mass is 16.5. The molecule has 4 heteroatoms. The fourth-order valence-electron chi connectivity index (χ4n) is 3.40. The maximum atomic E-state index is 6.14. The summed E-state index contributed by atoms with van der Waals surface area (Å²) in [7, 11) is 0. The van der Waals surface area contributed by atoms with Crippen LogP contribution in [0, 0.1) is 0 Å². The molecule has 1 aliphatic heterocycles. The largest absolute Gasteiger partial charge is 0.490 e. The Balaban J connectivity index is 1.73. The summed E-state index contributed by atoms with van der Waals surface area (Å²) in [4.78, 5) is 4.77. The van der Waals surface area contributed by atoms with Crippen molar-refractivity contribution in [2.75, 3.05) is 6.61 Å². The van der Waals surface area contributed by atoms with E-state index in [-0.39, 0.29) is 0 Å². The molecule has 0 unspecified atom stereocenters. The lowest BCUT2D eigenvalue weighted by Gasteiger charge is -2.19. The standard InChI is InChI=1S/C20H16N2O2/c1-2-23-17-9-5-7-14-12-16-20(24-18(14)17)21-19-15-8-4-3-6-13(15)10-11-22(16)19/h3-11H,2,12H2,1H3. The van der Waals surface area contributed by atoms with Crippen LogP contribution in [0.4, 0.5) is 0 Å². The molecule has 0 saturated heterocycles. The van der Waals surface area contributed by atoms with Crippen molar-refractivity contribution in [1.29, 1.82) is 0 Å². The van der Waals surface area contributed by atoms with Crippen LogP contribution >= 0.6 is 0 Å². The Morgan fingerprint density at radius 2 is 2.04 bits per heavy atom. The molecule has 2 aromatic heterocycles. The summed E-state index contributed by atoms with van der Waals surface area (Å²) in [5.41, 5.74) is 3.14. The fraction of sp³-hybridized carbons (Fsp3) is 0.150. The van der Waals surface area contributed by atoms with Crippen LogP contribution in [0.2, 0.25) is 0 Å². The highest BCUT2D eigenvalue weighted by Gasteiger charge is 2.25. The van der Waals surface area contributed by atoms with Gasteiger partial charge in [-0.3, -0.25) is 4.40 Å². The maximum absolute atomic E-state index is 6.14. The predicted octanol–water partition coefficient (Wildman–Crippen LogP) is 4.58. The molecule has 0 amide bonds. The molecule has 1 aliphatic rings. The van der Waals surface area contributed by atoms with Crippen molar-refractivity contribution >= 4 is 16.4 Å². The summed E-state index contributed by atoms with van der Waals surface area (Å²) >= 11 is 0. The fourth-order valence-corrected chi connectivity index (χ4v) is 3.40. The van der Waals surface area contributed by atoms with Crippen molar-refractivity contribution in [2.24, 2.45) is 0 Å². The summed E-state index contributed by atoms with van der Waals surface area (Å²) < 4.78 is 14.0. The lowest BCUT2D eigenvalue weighted by Crippen LogP contribution is -2.06. The lowest BCUT2D eigenvalue weighted by molar-refractivity contribution is 0.316. The molecule has 0 aliphatic carbocycles. The number of ether oxygens (including phenoxy) is 2. The molecular weight excluding hydrogens is 300 g/mol. The van der Waals surface area contributed by atoms with Gasteiger partial charge in [-0.1, -0.05) is 36.4 Å². The summed E-state index contributed by atoms with van der Waals surface area (Å²) in [6.45, 7) is 2.59. The topological polar surface area (TPSA) is 35.8 Å². The number of benzene rings is 2. The normalized spacial score (nSPS) is 12.7. The minimum atomic E-state index is 0.614. The van der Waals surface area contributed by atoms with Gasteiger partial charge in [-0.2, -0.15) is 4.98 Å². The van der Waals surface area contributed by atoms with Gasteiger partial charge in [-0.25, -0.2) is 0 Å². The summed E-state index contributed by atoms with van der Waals surface area (Å²) in [6, 6.07) is 16.4. The number of imidazole rings is 1. The number of pyridine rings is 1. The van der Waals surface area contributed by atoms with Crippen molar-refractivity contribution in [2.45, 2.75) is 13.3 Å². The van der Waals surface area contributed by atoms with Gasteiger partial charge in [0, 0.05) is 23.6 Å². The summed E-state index contributed by atoms with van der Waals surface area (Å²) in [5.74, 6) is 2.24. The Kier molecular flexibility index (Phi) is 2.80. The van der Waals surface area contributed by atoms with Crippen molar-refractivity contribution < 1.29 is 9.47 Å². The highest BCUT2D eigenvalue weighted by molar-refractivity contribution is 5.94. The quantitative estimate of drug-likeness (QED) is 0.478. The van der Waals surface area contributed by atoms with E-state index in [1.807, 2.05) is 31.2 Å². The van der Waals surface area contributed by atoms with Crippen molar-refractivity contribution in [1.82, 2.24) is 9.38 Å². The molecule has 24 heavy (non-hydrogen) atoms. The molecule has 3 heterocycles. The molecule has 0 atom stereocenters. The van der Waals surface area contributed by atoms with Crippen LogP contribution in [0.5, 0.6) is 17.4 Å². The molecule has 0 bridgehead atoms. The van der Waals surface area contributed by atoms with Crippen molar-refractivity contribution in [3.8, 4) is 17.4 Å². The van der Waals surface area contributed by atoms with Gasteiger partial charge in [0.15, 0.2) is 11.5 Å². The Morgan fingerprint density at radius 3 is 2.96 bits per heavy atom. The third-order valence-corrected chi connectivity index (χ3v) is 4.50. The van der Waals surface area contributed by atoms with E-state index in [0.29, 0.717) is 12.5 Å². The molecular formula is C20H16N2O2. The molecule has 0 radical (unpaired) electrons. The molecule has 0 N–H and O–H groups in total. The third kappa shape index (κ3) is 1.83. The van der Waals surface area contributed by atoms with Gasteiger partial charge in [-0.05, 0) is 24.4 Å². The van der Waals surface area contributed by atoms with Crippen LogP contribution in [0.15, 0.2) is 54.7 Å². The third-order valence-electron chi connectivity index (χ3n) is 4.50. The SMILES string of the molecule is CCOc1cccc2c1Oc1nc3c4ccccc4ccn3c1C2. The Labute approximate surface area is 139 Å². The monoisotopic (exact) mass is 316 g/mol. The van der Waals surface area contributed by atoms with E-state index in [0.717, 1.165) is 40.2 Å². The van der Waals surface area contributed by atoms with Gasteiger partial charge in [-0.15, -0.1) is 0 Å². The van der Waals surface area contributed by atoms with Crippen LogP contribution in [-0.2, 0) is 6.42 Å². The first-order valence-electron chi connectivity index (χ1n) is 8.16. The molecule has 5 rings (SSSR count). The Bertz CT molecular complexity index is 1080. The number of para-hydroxylation sites is 1. The number of nitrogens with zero attached hydrogens (tertiary/aromatic N) is 2. The second kappa shape index (κ2) is 4.99. The van der Waals surface area contributed by atoms with E-state index in [1.165, 1.54) is 5.39 Å². The number of hydrogen-bond acceptors (Lipinski definition) is 3. The number of aromatic nitrogens is 2. The number of rotatable bonds is 2. The molecule has 0 spiro atoms. The molecule has 0 saturated carbocycles. The smallest absolute Gasteiger partial charge is 0.242 e. The van der Waals surface area contributed by atoms with E-state index in [1.54, 1.807) is 0 Å². The van der Waals surface area contributed by atoms with Crippen LogP contribution in [-0.4, -0.2) is 16.0 Å². The van der Waals surface area contributed by atoms with Crippen LogP contribution in [0.1, 0.15) is 18.2 Å². The first-order chi connectivity index (χ1) is 11.8. The molecule has 4 aromatic rings. The van der Waals surface area contributed by atoms with Crippen molar-refractivity contribution in [3.63, 3.8) is 0 Å². The zero-order valence-corrected chi connectivity index (χ0v) is 13.3. The van der Waals surface area contributed by atoms with Crippen LogP contribution in [0.25, 0.3) is 16.4 Å². The Morgan fingerprint density at radius 1 is 1.12 bits per heavy atom. The zero-order valence-electron chi connectivity index (χ0n) is 13.3. The van der Waals surface area contributed by atoms with Gasteiger partial charge in [0.2, 0.25) is 5.88 Å². The average Bonchev–Trinajstić information content (AvgIpc) is 2.99. The van der Waals surface area contributed by atoms with E-state index < -0.39 is 0 Å². The Hall–Kier alpha value is -3.01. The maximum Gasteiger partial charge on any atom is 0.242 e. The minimum absolute atomic E-state index is 0.614. The van der Waals surface area contributed by atoms with Gasteiger partial charge in [0.25, 0.3) is 0 Å². The molecule has 4 nitrogen and oxygen atoms in total. The number of fused-ring (bicyclic) bond motifs is 6.